The highest BCUT2D eigenvalue weighted by molar-refractivity contribution is 8.15. The fourth-order valence-electron chi connectivity index (χ4n) is 3.95. The number of imide groups is 1. The highest BCUT2D eigenvalue weighted by Crippen LogP contribution is 2.30. The van der Waals surface area contributed by atoms with Gasteiger partial charge in [0.2, 0.25) is 11.8 Å². The number of halogens is 2. The van der Waals surface area contributed by atoms with Crippen molar-refractivity contribution in [3.63, 3.8) is 0 Å². The van der Waals surface area contributed by atoms with Crippen molar-refractivity contribution in [3.8, 4) is 0 Å². The second kappa shape index (κ2) is 9.15. The largest absolute Gasteiger partial charge is 0.340 e. The third kappa shape index (κ3) is 4.94. The second-order valence-corrected chi connectivity index (χ2v) is 8.69. The summed E-state index contributed by atoms with van der Waals surface area (Å²) in [4.78, 5) is 39.5. The number of carbonyl (C=O) groups excluding carboxylic acids is 3. The zero-order chi connectivity index (χ0) is 22.0. The summed E-state index contributed by atoms with van der Waals surface area (Å²) in [5.41, 5.74) is 1.76. The summed E-state index contributed by atoms with van der Waals surface area (Å²) in [6.45, 7) is 2.05. The average Bonchev–Trinajstić information content (AvgIpc) is 3.08. The highest BCUT2D eigenvalue weighted by atomic mass is 32.2. The molecule has 2 heterocycles. The van der Waals surface area contributed by atoms with E-state index in [0.29, 0.717) is 26.2 Å². The van der Waals surface area contributed by atoms with E-state index < -0.39 is 16.4 Å². The van der Waals surface area contributed by atoms with Gasteiger partial charge in [-0.1, -0.05) is 36.0 Å². The van der Waals surface area contributed by atoms with E-state index >= 15 is 0 Å². The number of amides is 3. The van der Waals surface area contributed by atoms with Gasteiger partial charge in [0, 0.05) is 32.6 Å². The van der Waals surface area contributed by atoms with E-state index in [2.05, 4.69) is 10.2 Å². The SMILES string of the molecule is O=C1NC(=O)C(CC(=O)N2CCN(C(c3ccc(F)cc3)c3ccc(F)cc3)CC2)S1. The van der Waals surface area contributed by atoms with Crippen LogP contribution in [-0.4, -0.2) is 58.3 Å². The van der Waals surface area contributed by atoms with Gasteiger partial charge in [0.15, 0.2) is 0 Å². The maximum Gasteiger partial charge on any atom is 0.286 e. The molecular weight excluding hydrogens is 424 g/mol. The predicted octanol–water partition coefficient (Wildman–Crippen LogP) is 2.94. The molecule has 6 nitrogen and oxygen atoms in total. The van der Waals surface area contributed by atoms with Crippen LogP contribution in [0.2, 0.25) is 0 Å². The fraction of sp³-hybridized carbons (Fsp3) is 0.318. The molecule has 1 unspecified atom stereocenters. The number of carbonyl (C=O) groups is 3. The van der Waals surface area contributed by atoms with E-state index in [1.165, 1.54) is 24.3 Å². The lowest BCUT2D eigenvalue weighted by atomic mass is 9.96. The highest BCUT2D eigenvalue weighted by Gasteiger charge is 2.35. The summed E-state index contributed by atoms with van der Waals surface area (Å²) >= 11 is 0.850. The summed E-state index contributed by atoms with van der Waals surface area (Å²) in [6.07, 6.45) is -0.0123. The zero-order valence-corrected chi connectivity index (χ0v) is 17.4. The zero-order valence-electron chi connectivity index (χ0n) is 16.6. The van der Waals surface area contributed by atoms with E-state index in [9.17, 15) is 23.2 Å². The molecule has 0 aromatic heterocycles. The molecular formula is C22H21F2N3O3S. The fourth-order valence-corrected chi connectivity index (χ4v) is 4.76. The molecule has 2 fully saturated rings. The molecule has 0 bridgehead atoms. The number of benzene rings is 2. The molecule has 2 aliphatic heterocycles. The molecule has 4 rings (SSSR count). The molecule has 1 N–H and O–H groups in total. The van der Waals surface area contributed by atoms with Crippen LogP contribution in [0, 0.1) is 11.6 Å². The number of piperazine rings is 1. The van der Waals surface area contributed by atoms with Gasteiger partial charge >= 0.3 is 0 Å². The Balaban J connectivity index is 1.45. The quantitative estimate of drug-likeness (QED) is 0.767. The molecule has 2 aromatic rings. The van der Waals surface area contributed by atoms with E-state index in [1.807, 2.05) is 0 Å². The lowest BCUT2D eigenvalue weighted by Gasteiger charge is -2.40. The van der Waals surface area contributed by atoms with Crippen LogP contribution < -0.4 is 5.32 Å². The van der Waals surface area contributed by atoms with E-state index in [1.54, 1.807) is 29.2 Å². The van der Waals surface area contributed by atoms with Gasteiger partial charge in [-0.15, -0.1) is 0 Å². The van der Waals surface area contributed by atoms with Gasteiger partial charge < -0.3 is 4.90 Å². The van der Waals surface area contributed by atoms with Crippen LogP contribution in [0.15, 0.2) is 48.5 Å². The lowest BCUT2D eigenvalue weighted by molar-refractivity contribution is -0.134. The Bertz CT molecular complexity index is 931. The van der Waals surface area contributed by atoms with Gasteiger partial charge in [-0.3, -0.25) is 24.6 Å². The van der Waals surface area contributed by atoms with Crippen LogP contribution >= 0.6 is 11.8 Å². The van der Waals surface area contributed by atoms with Crippen LogP contribution in [0.5, 0.6) is 0 Å². The Morgan fingerprint density at radius 1 is 0.935 bits per heavy atom. The summed E-state index contributed by atoms with van der Waals surface area (Å²) < 4.78 is 26.9. The number of rotatable bonds is 5. The normalized spacial score (nSPS) is 19.7. The molecule has 2 aromatic carbocycles. The van der Waals surface area contributed by atoms with Gasteiger partial charge in [-0.2, -0.15) is 0 Å². The topological polar surface area (TPSA) is 69.7 Å². The average molecular weight is 445 g/mol. The summed E-state index contributed by atoms with van der Waals surface area (Å²) in [5, 5.41) is 1.10. The van der Waals surface area contributed by atoms with Crippen molar-refractivity contribution in [2.75, 3.05) is 26.2 Å². The van der Waals surface area contributed by atoms with E-state index in [0.717, 1.165) is 22.9 Å². The Labute approximate surface area is 182 Å². The summed E-state index contributed by atoms with van der Waals surface area (Å²) in [7, 11) is 0. The maximum atomic E-state index is 13.4. The molecule has 0 saturated carbocycles. The first-order valence-corrected chi connectivity index (χ1v) is 10.8. The molecule has 0 radical (unpaired) electrons. The smallest absolute Gasteiger partial charge is 0.286 e. The molecule has 1 atom stereocenters. The number of hydrogen-bond acceptors (Lipinski definition) is 5. The van der Waals surface area contributed by atoms with E-state index in [-0.39, 0.29) is 30.0 Å². The third-order valence-electron chi connectivity index (χ3n) is 5.53. The van der Waals surface area contributed by atoms with Gasteiger partial charge in [0.05, 0.1) is 6.04 Å². The molecule has 3 amide bonds. The van der Waals surface area contributed by atoms with Crippen molar-refractivity contribution in [3.05, 3.63) is 71.3 Å². The van der Waals surface area contributed by atoms with Crippen LogP contribution in [0.25, 0.3) is 0 Å². The third-order valence-corrected chi connectivity index (χ3v) is 6.51. The Morgan fingerprint density at radius 2 is 1.45 bits per heavy atom. The minimum atomic E-state index is -0.677. The molecule has 2 saturated heterocycles. The summed E-state index contributed by atoms with van der Waals surface area (Å²) in [5.74, 6) is -1.24. The Hall–Kier alpha value is -2.78. The van der Waals surface area contributed by atoms with Crippen molar-refractivity contribution in [2.24, 2.45) is 0 Å². The van der Waals surface area contributed by atoms with Gasteiger partial charge in [0.1, 0.15) is 16.9 Å². The first-order chi connectivity index (χ1) is 14.9. The van der Waals surface area contributed by atoms with Crippen LogP contribution in [-0.2, 0) is 9.59 Å². The van der Waals surface area contributed by atoms with Crippen LogP contribution in [0.4, 0.5) is 13.6 Å². The monoisotopic (exact) mass is 445 g/mol. The Morgan fingerprint density at radius 3 is 1.90 bits per heavy atom. The molecule has 0 spiro atoms. The molecule has 162 valence electrons. The molecule has 9 heteroatoms. The summed E-state index contributed by atoms with van der Waals surface area (Å²) in [6, 6.07) is 12.3. The van der Waals surface area contributed by atoms with Gasteiger partial charge in [-0.05, 0) is 35.4 Å². The number of thioether (sulfide) groups is 1. The van der Waals surface area contributed by atoms with Crippen molar-refractivity contribution in [1.82, 2.24) is 15.1 Å². The van der Waals surface area contributed by atoms with Crippen molar-refractivity contribution in [2.45, 2.75) is 17.7 Å². The predicted molar refractivity (Wildman–Crippen MR) is 112 cm³/mol. The molecule has 2 aliphatic rings. The Kier molecular flexibility index (Phi) is 6.33. The number of hydrogen-bond donors (Lipinski definition) is 1. The first kappa shape index (κ1) is 21.5. The minimum absolute atomic E-state index is 0.0123. The van der Waals surface area contributed by atoms with Crippen LogP contribution in [0.1, 0.15) is 23.6 Å². The van der Waals surface area contributed by atoms with Gasteiger partial charge in [-0.25, -0.2) is 8.78 Å². The standard InChI is InChI=1S/C22H21F2N3O3S/c23-16-5-1-14(2-6-16)20(15-3-7-17(24)8-4-15)27-11-9-26(10-12-27)19(28)13-18-21(29)25-22(30)31-18/h1-8,18,20H,9-13H2,(H,25,29,30). The van der Waals surface area contributed by atoms with Crippen LogP contribution in [0.3, 0.4) is 0 Å². The van der Waals surface area contributed by atoms with E-state index in [4.69, 9.17) is 0 Å². The van der Waals surface area contributed by atoms with Crippen molar-refractivity contribution < 1.29 is 23.2 Å². The molecule has 0 aliphatic carbocycles. The first-order valence-electron chi connectivity index (χ1n) is 9.95. The minimum Gasteiger partial charge on any atom is -0.340 e. The molecule has 31 heavy (non-hydrogen) atoms. The van der Waals surface area contributed by atoms with Gasteiger partial charge in [0.25, 0.3) is 5.24 Å². The number of nitrogens with zero attached hydrogens (tertiary/aromatic N) is 2. The number of nitrogens with one attached hydrogen (secondary N) is 1. The lowest BCUT2D eigenvalue weighted by Crippen LogP contribution is -2.50. The second-order valence-electron chi connectivity index (χ2n) is 7.51. The van der Waals surface area contributed by atoms with Crippen molar-refractivity contribution in [1.29, 1.82) is 0 Å². The maximum absolute atomic E-state index is 13.4. The van der Waals surface area contributed by atoms with Crippen molar-refractivity contribution >= 4 is 28.8 Å².